The topological polar surface area (TPSA) is 34.5 Å². The van der Waals surface area contributed by atoms with Gasteiger partial charge >= 0.3 is 0 Å². The molecule has 1 aromatic carbocycles. The molecule has 1 fully saturated rings. The number of nitrogens with zero attached hydrogens (tertiary/aromatic N) is 2. The Kier molecular flexibility index (Phi) is 5.34. The van der Waals surface area contributed by atoms with Crippen molar-refractivity contribution in [3.8, 4) is 0 Å². The minimum absolute atomic E-state index is 0.239. The molecule has 1 saturated heterocycles. The van der Waals surface area contributed by atoms with Crippen molar-refractivity contribution in [1.82, 2.24) is 9.47 Å². The number of hydrogen-bond acceptors (Lipinski definition) is 2. The van der Waals surface area contributed by atoms with E-state index in [1.165, 1.54) is 11.8 Å². The average Bonchev–Trinajstić information content (AvgIpc) is 2.99. The average molecular weight is 314 g/mol. The Morgan fingerprint density at radius 3 is 3.04 bits per heavy atom. The summed E-state index contributed by atoms with van der Waals surface area (Å²) < 4.78 is 7.20. The number of para-hydroxylation sites is 1. The van der Waals surface area contributed by atoms with Gasteiger partial charge in [-0.05, 0) is 49.1 Å². The first-order valence-electron chi connectivity index (χ1n) is 8.58. The standard InChI is InChI=1S/C19H26N2O2/c1-23-13-5-7-16-6-4-11-21(14-16)19(22)15-20-12-10-17-8-2-3-9-18(17)20/h2-3,8-10,12,16H,4-7,11,13-15H2,1H3. The van der Waals surface area contributed by atoms with Gasteiger partial charge in [0.25, 0.3) is 0 Å². The Labute approximate surface area is 138 Å². The van der Waals surface area contributed by atoms with Crippen molar-refractivity contribution in [3.05, 3.63) is 36.5 Å². The summed E-state index contributed by atoms with van der Waals surface area (Å²) in [6, 6.07) is 10.3. The largest absolute Gasteiger partial charge is 0.385 e. The Morgan fingerprint density at radius 1 is 1.30 bits per heavy atom. The van der Waals surface area contributed by atoms with Crippen LogP contribution in [0.3, 0.4) is 0 Å². The molecule has 0 saturated carbocycles. The summed E-state index contributed by atoms with van der Waals surface area (Å²) in [7, 11) is 1.75. The van der Waals surface area contributed by atoms with Gasteiger partial charge in [-0.25, -0.2) is 0 Å². The Hall–Kier alpha value is -1.81. The highest BCUT2D eigenvalue weighted by Crippen LogP contribution is 2.22. The first-order chi connectivity index (χ1) is 11.3. The molecule has 1 unspecified atom stereocenters. The monoisotopic (exact) mass is 314 g/mol. The molecule has 4 nitrogen and oxygen atoms in total. The molecular weight excluding hydrogens is 288 g/mol. The van der Waals surface area contributed by atoms with Gasteiger partial charge in [0.2, 0.25) is 5.91 Å². The number of likely N-dealkylation sites (tertiary alicyclic amines) is 1. The molecule has 0 radical (unpaired) electrons. The van der Waals surface area contributed by atoms with Gasteiger partial charge in [-0.2, -0.15) is 0 Å². The summed E-state index contributed by atoms with van der Waals surface area (Å²) in [5.41, 5.74) is 1.13. The van der Waals surface area contributed by atoms with Gasteiger partial charge in [-0.3, -0.25) is 4.79 Å². The lowest BCUT2D eigenvalue weighted by Crippen LogP contribution is -2.41. The molecule has 1 atom stereocenters. The first-order valence-corrected chi connectivity index (χ1v) is 8.58. The number of methoxy groups -OCH3 is 1. The van der Waals surface area contributed by atoms with Crippen LogP contribution in [0.2, 0.25) is 0 Å². The van der Waals surface area contributed by atoms with Gasteiger partial charge in [0.15, 0.2) is 0 Å². The Morgan fingerprint density at radius 2 is 2.17 bits per heavy atom. The maximum absolute atomic E-state index is 12.7. The van der Waals surface area contributed by atoms with Crippen LogP contribution in [-0.2, 0) is 16.1 Å². The highest BCUT2D eigenvalue weighted by Gasteiger charge is 2.23. The van der Waals surface area contributed by atoms with Crippen molar-refractivity contribution in [3.63, 3.8) is 0 Å². The maximum Gasteiger partial charge on any atom is 0.242 e. The van der Waals surface area contributed by atoms with E-state index in [2.05, 4.69) is 27.7 Å². The van der Waals surface area contributed by atoms with Gasteiger partial charge < -0.3 is 14.2 Å². The van der Waals surface area contributed by atoms with Crippen LogP contribution in [-0.4, -0.2) is 42.2 Å². The van der Waals surface area contributed by atoms with E-state index >= 15 is 0 Å². The molecule has 0 spiro atoms. The number of amides is 1. The number of benzene rings is 1. The zero-order valence-electron chi connectivity index (χ0n) is 13.9. The van der Waals surface area contributed by atoms with Crippen molar-refractivity contribution in [2.24, 2.45) is 5.92 Å². The van der Waals surface area contributed by atoms with Crippen molar-refractivity contribution in [1.29, 1.82) is 0 Å². The van der Waals surface area contributed by atoms with E-state index in [9.17, 15) is 4.79 Å². The lowest BCUT2D eigenvalue weighted by Gasteiger charge is -2.33. The van der Waals surface area contributed by atoms with Crippen LogP contribution in [0.15, 0.2) is 36.5 Å². The molecule has 1 aliphatic heterocycles. The van der Waals surface area contributed by atoms with E-state index in [1.54, 1.807) is 7.11 Å². The number of piperidine rings is 1. The van der Waals surface area contributed by atoms with Gasteiger partial charge in [0, 0.05) is 38.5 Å². The number of carbonyl (C=O) groups excluding carboxylic acids is 1. The van der Waals surface area contributed by atoms with E-state index in [1.807, 2.05) is 18.3 Å². The van der Waals surface area contributed by atoms with Crippen LogP contribution in [0.1, 0.15) is 25.7 Å². The molecule has 23 heavy (non-hydrogen) atoms. The molecule has 0 N–H and O–H groups in total. The van der Waals surface area contributed by atoms with Gasteiger partial charge in [0.1, 0.15) is 6.54 Å². The van der Waals surface area contributed by atoms with Crippen LogP contribution in [0.25, 0.3) is 10.9 Å². The predicted molar refractivity (Wildman–Crippen MR) is 92.4 cm³/mol. The molecule has 1 aromatic heterocycles. The molecule has 2 heterocycles. The second kappa shape index (κ2) is 7.64. The summed E-state index contributed by atoms with van der Waals surface area (Å²) in [6.07, 6.45) is 6.62. The Bertz CT molecular complexity index is 650. The zero-order valence-corrected chi connectivity index (χ0v) is 13.9. The fraction of sp³-hybridized carbons (Fsp3) is 0.526. The van der Waals surface area contributed by atoms with Crippen LogP contribution in [0.5, 0.6) is 0 Å². The highest BCUT2D eigenvalue weighted by molar-refractivity contribution is 5.83. The summed E-state index contributed by atoms with van der Waals surface area (Å²) in [4.78, 5) is 14.7. The summed E-state index contributed by atoms with van der Waals surface area (Å²) >= 11 is 0. The third-order valence-corrected chi connectivity index (χ3v) is 4.82. The van der Waals surface area contributed by atoms with Crippen LogP contribution >= 0.6 is 0 Å². The predicted octanol–water partition coefficient (Wildman–Crippen LogP) is 3.31. The number of fused-ring (bicyclic) bond motifs is 1. The van der Waals surface area contributed by atoms with Crippen LogP contribution in [0, 0.1) is 5.92 Å². The normalized spacial score (nSPS) is 18.5. The Balaban J connectivity index is 1.59. The summed E-state index contributed by atoms with van der Waals surface area (Å²) in [5.74, 6) is 0.868. The fourth-order valence-corrected chi connectivity index (χ4v) is 3.57. The van der Waals surface area contributed by atoms with Crippen LogP contribution in [0.4, 0.5) is 0 Å². The third-order valence-electron chi connectivity index (χ3n) is 4.82. The van der Waals surface area contributed by atoms with Gasteiger partial charge in [-0.15, -0.1) is 0 Å². The second-order valence-corrected chi connectivity index (χ2v) is 6.49. The number of aromatic nitrogens is 1. The number of ether oxygens (including phenoxy) is 1. The number of hydrogen-bond donors (Lipinski definition) is 0. The molecule has 3 rings (SSSR count). The van der Waals surface area contributed by atoms with Gasteiger partial charge in [0.05, 0.1) is 0 Å². The first kappa shape index (κ1) is 16.1. The lowest BCUT2D eigenvalue weighted by atomic mass is 9.93. The van der Waals surface area contributed by atoms with E-state index in [-0.39, 0.29) is 5.91 Å². The van der Waals surface area contributed by atoms with Crippen molar-refractivity contribution in [2.75, 3.05) is 26.8 Å². The minimum atomic E-state index is 0.239. The molecule has 4 heteroatoms. The van der Waals surface area contributed by atoms with E-state index in [0.29, 0.717) is 12.5 Å². The minimum Gasteiger partial charge on any atom is -0.385 e. The smallest absolute Gasteiger partial charge is 0.242 e. The lowest BCUT2D eigenvalue weighted by molar-refractivity contribution is -0.133. The van der Waals surface area contributed by atoms with E-state index < -0.39 is 0 Å². The summed E-state index contributed by atoms with van der Waals surface area (Å²) in [5, 5.41) is 1.19. The van der Waals surface area contributed by atoms with E-state index in [0.717, 1.165) is 44.5 Å². The molecule has 0 aliphatic carbocycles. The second-order valence-electron chi connectivity index (χ2n) is 6.49. The summed E-state index contributed by atoms with van der Waals surface area (Å²) in [6.45, 7) is 3.07. The quantitative estimate of drug-likeness (QED) is 0.767. The molecule has 124 valence electrons. The number of carbonyl (C=O) groups is 1. The van der Waals surface area contributed by atoms with E-state index in [4.69, 9.17) is 4.74 Å². The zero-order chi connectivity index (χ0) is 16.1. The fourth-order valence-electron chi connectivity index (χ4n) is 3.57. The van der Waals surface area contributed by atoms with Gasteiger partial charge in [-0.1, -0.05) is 18.2 Å². The molecule has 1 aliphatic rings. The maximum atomic E-state index is 12.7. The number of rotatable bonds is 6. The third kappa shape index (κ3) is 3.94. The molecule has 1 amide bonds. The molecule has 2 aromatic rings. The van der Waals surface area contributed by atoms with Crippen molar-refractivity contribution in [2.45, 2.75) is 32.2 Å². The SMILES string of the molecule is COCCCC1CCCN(C(=O)Cn2ccc3ccccc32)C1. The molecular formula is C19H26N2O2. The van der Waals surface area contributed by atoms with Crippen LogP contribution < -0.4 is 0 Å². The van der Waals surface area contributed by atoms with Crippen molar-refractivity contribution >= 4 is 16.8 Å². The van der Waals surface area contributed by atoms with Crippen molar-refractivity contribution < 1.29 is 9.53 Å². The molecule has 0 bridgehead atoms. The highest BCUT2D eigenvalue weighted by atomic mass is 16.5.